The zero-order chi connectivity index (χ0) is 12.6. The Morgan fingerprint density at radius 3 is 2.79 bits per heavy atom. The Morgan fingerprint density at radius 1 is 1.37 bits per heavy atom. The molecule has 2 rings (SSSR count). The summed E-state index contributed by atoms with van der Waals surface area (Å²) in [6.45, 7) is 6.91. The Labute approximate surface area is 121 Å². The van der Waals surface area contributed by atoms with Gasteiger partial charge in [-0.25, -0.2) is 0 Å². The lowest BCUT2D eigenvalue weighted by Crippen LogP contribution is -2.25. The van der Waals surface area contributed by atoms with Crippen LogP contribution in [0.2, 0.25) is 0 Å². The van der Waals surface area contributed by atoms with E-state index in [2.05, 4.69) is 24.0 Å². The molecule has 4 heteroatoms. The summed E-state index contributed by atoms with van der Waals surface area (Å²) in [4.78, 5) is 0. The third-order valence-corrected chi connectivity index (χ3v) is 3.02. The highest BCUT2D eigenvalue weighted by molar-refractivity contribution is 5.85. The lowest BCUT2D eigenvalue weighted by atomic mass is 10.2. The Morgan fingerprint density at radius 2 is 2.16 bits per heavy atom. The summed E-state index contributed by atoms with van der Waals surface area (Å²) >= 11 is 0. The number of rotatable bonds is 7. The second-order valence-electron chi connectivity index (χ2n) is 4.51. The van der Waals surface area contributed by atoms with Gasteiger partial charge >= 0.3 is 0 Å². The van der Waals surface area contributed by atoms with Crippen LogP contribution in [0.15, 0.2) is 36.9 Å². The van der Waals surface area contributed by atoms with Gasteiger partial charge in [-0.05, 0) is 30.5 Å². The van der Waals surface area contributed by atoms with Crippen molar-refractivity contribution in [2.24, 2.45) is 0 Å². The van der Waals surface area contributed by atoms with Crippen molar-refractivity contribution in [3.63, 3.8) is 0 Å². The molecule has 1 aliphatic rings. The van der Waals surface area contributed by atoms with Crippen molar-refractivity contribution >= 4 is 12.4 Å². The zero-order valence-electron chi connectivity index (χ0n) is 11.1. The first-order valence-corrected chi connectivity index (χ1v) is 6.53. The van der Waals surface area contributed by atoms with Gasteiger partial charge in [0.2, 0.25) is 0 Å². The number of ether oxygens (including phenoxy) is 2. The normalized spacial score (nSPS) is 17.8. The molecular weight excluding hydrogens is 262 g/mol. The van der Waals surface area contributed by atoms with E-state index in [1.807, 2.05) is 12.1 Å². The topological polar surface area (TPSA) is 30.5 Å². The fourth-order valence-electron chi connectivity index (χ4n) is 2.04. The molecule has 1 aromatic rings. The van der Waals surface area contributed by atoms with Gasteiger partial charge in [0.15, 0.2) is 0 Å². The molecule has 0 aliphatic carbocycles. The summed E-state index contributed by atoms with van der Waals surface area (Å²) in [7, 11) is 0. The van der Waals surface area contributed by atoms with Crippen molar-refractivity contribution in [1.29, 1.82) is 0 Å². The van der Waals surface area contributed by atoms with Crippen LogP contribution in [0.4, 0.5) is 0 Å². The minimum atomic E-state index is 0. The van der Waals surface area contributed by atoms with Gasteiger partial charge in [0.25, 0.3) is 0 Å². The molecule has 0 saturated carbocycles. The molecule has 1 fully saturated rings. The molecule has 19 heavy (non-hydrogen) atoms. The summed E-state index contributed by atoms with van der Waals surface area (Å²) in [5.41, 5.74) is 1.26. The number of benzene rings is 1. The molecule has 1 N–H and O–H groups in total. The predicted octanol–water partition coefficient (Wildman–Crippen LogP) is 2.94. The largest absolute Gasteiger partial charge is 0.490 e. The third-order valence-electron chi connectivity index (χ3n) is 3.02. The Balaban J connectivity index is 0.00000180. The molecule has 0 radical (unpaired) electrons. The molecule has 1 heterocycles. The smallest absolute Gasteiger partial charge is 0.119 e. The van der Waals surface area contributed by atoms with Crippen LogP contribution in [0.5, 0.6) is 5.75 Å². The minimum Gasteiger partial charge on any atom is -0.490 e. The van der Waals surface area contributed by atoms with Crippen LogP contribution in [0.3, 0.4) is 0 Å². The van der Waals surface area contributed by atoms with Crippen molar-refractivity contribution in [2.45, 2.75) is 25.5 Å². The second kappa shape index (κ2) is 8.97. The Kier molecular flexibility index (Phi) is 7.56. The quantitative estimate of drug-likeness (QED) is 0.781. The average Bonchev–Trinajstić information content (AvgIpc) is 2.91. The van der Waals surface area contributed by atoms with Gasteiger partial charge in [0.05, 0.1) is 6.10 Å². The molecule has 1 aromatic carbocycles. The molecule has 0 amide bonds. The van der Waals surface area contributed by atoms with Gasteiger partial charge in [0, 0.05) is 19.7 Å². The van der Waals surface area contributed by atoms with Crippen LogP contribution in [0.1, 0.15) is 18.4 Å². The highest BCUT2D eigenvalue weighted by Crippen LogP contribution is 2.13. The number of nitrogens with one attached hydrogen (secondary N) is 1. The fourth-order valence-corrected chi connectivity index (χ4v) is 2.04. The number of hydrogen-bond donors (Lipinski definition) is 1. The molecule has 1 unspecified atom stereocenters. The molecule has 106 valence electrons. The van der Waals surface area contributed by atoms with E-state index in [0.29, 0.717) is 12.7 Å². The van der Waals surface area contributed by atoms with Crippen LogP contribution >= 0.6 is 12.4 Å². The first-order valence-electron chi connectivity index (χ1n) is 6.53. The number of hydrogen-bond acceptors (Lipinski definition) is 3. The van der Waals surface area contributed by atoms with Crippen molar-refractivity contribution in [3.8, 4) is 5.75 Å². The minimum absolute atomic E-state index is 0. The van der Waals surface area contributed by atoms with Crippen LogP contribution in [-0.2, 0) is 11.3 Å². The third kappa shape index (κ3) is 5.64. The van der Waals surface area contributed by atoms with Gasteiger partial charge in [0.1, 0.15) is 12.4 Å². The summed E-state index contributed by atoms with van der Waals surface area (Å²) in [5, 5.41) is 3.42. The molecule has 1 aliphatic heterocycles. The van der Waals surface area contributed by atoms with Gasteiger partial charge in [-0.2, -0.15) is 0 Å². The average molecular weight is 284 g/mol. The Bertz CT molecular complexity index is 361. The SMILES string of the molecule is C=CCOc1ccc(CNCC2CCCO2)cc1.Cl. The van der Waals surface area contributed by atoms with E-state index >= 15 is 0 Å². The van der Waals surface area contributed by atoms with Crippen LogP contribution in [0.25, 0.3) is 0 Å². The van der Waals surface area contributed by atoms with Gasteiger partial charge in [-0.1, -0.05) is 24.8 Å². The monoisotopic (exact) mass is 283 g/mol. The first kappa shape index (κ1) is 16.0. The first-order chi connectivity index (χ1) is 8.88. The van der Waals surface area contributed by atoms with E-state index in [1.54, 1.807) is 6.08 Å². The van der Waals surface area contributed by atoms with Crippen LogP contribution in [-0.4, -0.2) is 25.9 Å². The highest BCUT2D eigenvalue weighted by atomic mass is 35.5. The molecule has 1 atom stereocenters. The van der Waals surface area contributed by atoms with Crippen molar-refractivity contribution in [1.82, 2.24) is 5.32 Å². The molecule has 0 aromatic heterocycles. The van der Waals surface area contributed by atoms with E-state index in [1.165, 1.54) is 18.4 Å². The molecule has 3 nitrogen and oxygen atoms in total. The van der Waals surface area contributed by atoms with E-state index < -0.39 is 0 Å². The number of halogens is 1. The van der Waals surface area contributed by atoms with Crippen LogP contribution < -0.4 is 10.1 Å². The Hall–Kier alpha value is -1.03. The lowest BCUT2D eigenvalue weighted by Gasteiger charge is -2.11. The maximum atomic E-state index is 5.56. The molecule has 0 bridgehead atoms. The summed E-state index contributed by atoms with van der Waals surface area (Å²) in [5.74, 6) is 0.887. The van der Waals surface area contributed by atoms with E-state index in [9.17, 15) is 0 Å². The predicted molar refractivity (Wildman–Crippen MR) is 80.1 cm³/mol. The van der Waals surface area contributed by atoms with Gasteiger partial charge in [-0.3, -0.25) is 0 Å². The highest BCUT2D eigenvalue weighted by Gasteiger charge is 2.14. The van der Waals surface area contributed by atoms with Crippen molar-refractivity contribution in [2.75, 3.05) is 19.8 Å². The van der Waals surface area contributed by atoms with Crippen LogP contribution in [0, 0.1) is 0 Å². The fraction of sp³-hybridized carbons (Fsp3) is 0.467. The summed E-state index contributed by atoms with van der Waals surface area (Å²) in [6.07, 6.45) is 4.53. The molecule has 1 saturated heterocycles. The van der Waals surface area contributed by atoms with Crippen molar-refractivity contribution < 1.29 is 9.47 Å². The zero-order valence-corrected chi connectivity index (χ0v) is 12.0. The van der Waals surface area contributed by atoms with E-state index in [0.717, 1.165) is 25.4 Å². The molecular formula is C15H22ClNO2. The molecule has 0 spiro atoms. The van der Waals surface area contributed by atoms with Gasteiger partial charge < -0.3 is 14.8 Å². The van der Waals surface area contributed by atoms with E-state index in [4.69, 9.17) is 9.47 Å². The summed E-state index contributed by atoms with van der Waals surface area (Å²) in [6, 6.07) is 8.15. The maximum absolute atomic E-state index is 5.56. The second-order valence-corrected chi connectivity index (χ2v) is 4.51. The van der Waals surface area contributed by atoms with Crippen molar-refractivity contribution in [3.05, 3.63) is 42.5 Å². The lowest BCUT2D eigenvalue weighted by molar-refractivity contribution is 0.110. The van der Waals surface area contributed by atoms with Gasteiger partial charge in [-0.15, -0.1) is 12.4 Å². The maximum Gasteiger partial charge on any atom is 0.119 e. The standard InChI is InChI=1S/C15H21NO2.ClH/c1-2-9-17-14-7-5-13(6-8-14)11-16-12-15-4-3-10-18-15;/h2,5-8,15-16H,1,3-4,9-12H2;1H. The summed E-state index contributed by atoms with van der Waals surface area (Å²) < 4.78 is 11.0. The van der Waals surface area contributed by atoms with E-state index in [-0.39, 0.29) is 12.4 Å².